The number of benzene rings is 2. The van der Waals surface area contributed by atoms with Gasteiger partial charge >= 0.3 is 0 Å². The summed E-state index contributed by atoms with van der Waals surface area (Å²) < 4.78 is 5.73. The van der Waals surface area contributed by atoms with Crippen LogP contribution in [0.25, 0.3) is 0 Å². The van der Waals surface area contributed by atoms with Crippen molar-refractivity contribution in [2.75, 3.05) is 6.61 Å². The molecule has 2 nitrogen and oxygen atoms in total. The standard InChI is InChI=1S/C18H21NO/c1-13-5-4-6-14(9-13)10-16(19)11-15-12-20-18-8-3-2-7-17(15)18/h2-9,15-16H,10-12,19H2,1H3. The van der Waals surface area contributed by atoms with Gasteiger partial charge in [-0.3, -0.25) is 0 Å². The summed E-state index contributed by atoms with van der Waals surface area (Å²) in [4.78, 5) is 0. The van der Waals surface area contributed by atoms with E-state index < -0.39 is 0 Å². The van der Waals surface area contributed by atoms with Crippen LogP contribution in [0, 0.1) is 6.92 Å². The van der Waals surface area contributed by atoms with E-state index in [1.807, 2.05) is 12.1 Å². The smallest absolute Gasteiger partial charge is 0.122 e. The molecule has 0 saturated heterocycles. The normalized spacial score (nSPS) is 18.4. The average Bonchev–Trinajstić information content (AvgIpc) is 2.82. The van der Waals surface area contributed by atoms with E-state index in [0.29, 0.717) is 5.92 Å². The number of nitrogens with two attached hydrogens (primary N) is 1. The number of para-hydroxylation sites is 1. The van der Waals surface area contributed by atoms with Gasteiger partial charge in [-0.1, -0.05) is 48.0 Å². The van der Waals surface area contributed by atoms with Gasteiger partial charge in [0.2, 0.25) is 0 Å². The number of hydrogen-bond acceptors (Lipinski definition) is 2. The van der Waals surface area contributed by atoms with Crippen molar-refractivity contribution in [3.63, 3.8) is 0 Å². The zero-order valence-electron chi connectivity index (χ0n) is 11.9. The van der Waals surface area contributed by atoms with Crippen molar-refractivity contribution in [3.8, 4) is 5.75 Å². The van der Waals surface area contributed by atoms with Crippen molar-refractivity contribution in [1.29, 1.82) is 0 Å². The van der Waals surface area contributed by atoms with E-state index in [9.17, 15) is 0 Å². The minimum Gasteiger partial charge on any atom is -0.493 e. The van der Waals surface area contributed by atoms with Crippen LogP contribution < -0.4 is 10.5 Å². The molecule has 2 unspecified atom stereocenters. The summed E-state index contributed by atoms with van der Waals surface area (Å²) in [6.45, 7) is 2.89. The molecule has 0 aromatic heterocycles. The van der Waals surface area contributed by atoms with E-state index in [2.05, 4.69) is 43.3 Å². The second-order valence-electron chi connectivity index (χ2n) is 5.73. The van der Waals surface area contributed by atoms with Crippen LogP contribution in [0.1, 0.15) is 29.0 Å². The Hall–Kier alpha value is -1.80. The topological polar surface area (TPSA) is 35.2 Å². The molecule has 1 aliphatic rings. The molecule has 2 aromatic carbocycles. The van der Waals surface area contributed by atoms with Gasteiger partial charge in [0.25, 0.3) is 0 Å². The highest BCUT2D eigenvalue weighted by molar-refractivity contribution is 5.39. The van der Waals surface area contributed by atoms with Crippen molar-refractivity contribution in [1.82, 2.24) is 0 Å². The first-order chi connectivity index (χ1) is 9.72. The van der Waals surface area contributed by atoms with Crippen molar-refractivity contribution in [2.45, 2.75) is 31.7 Å². The molecule has 2 heteroatoms. The van der Waals surface area contributed by atoms with Crippen LogP contribution in [0.15, 0.2) is 48.5 Å². The Bertz CT molecular complexity index is 593. The first-order valence-corrected chi connectivity index (χ1v) is 7.25. The Balaban J connectivity index is 1.64. The van der Waals surface area contributed by atoms with E-state index in [1.165, 1.54) is 16.7 Å². The predicted molar refractivity (Wildman–Crippen MR) is 82.2 cm³/mol. The van der Waals surface area contributed by atoms with Crippen LogP contribution in [0.3, 0.4) is 0 Å². The lowest BCUT2D eigenvalue weighted by atomic mass is 9.91. The van der Waals surface area contributed by atoms with Crippen molar-refractivity contribution in [2.24, 2.45) is 5.73 Å². The highest BCUT2D eigenvalue weighted by Gasteiger charge is 2.25. The number of hydrogen-bond donors (Lipinski definition) is 1. The largest absolute Gasteiger partial charge is 0.493 e. The molecule has 0 spiro atoms. The molecule has 20 heavy (non-hydrogen) atoms. The fourth-order valence-corrected chi connectivity index (χ4v) is 3.02. The van der Waals surface area contributed by atoms with Crippen LogP contribution in [0.5, 0.6) is 5.75 Å². The third kappa shape index (κ3) is 2.86. The molecule has 1 aliphatic heterocycles. The first-order valence-electron chi connectivity index (χ1n) is 7.25. The van der Waals surface area contributed by atoms with Gasteiger partial charge in [-0.05, 0) is 31.4 Å². The average molecular weight is 267 g/mol. The monoisotopic (exact) mass is 267 g/mol. The molecule has 2 atom stereocenters. The molecule has 104 valence electrons. The highest BCUT2D eigenvalue weighted by atomic mass is 16.5. The number of fused-ring (bicyclic) bond motifs is 1. The lowest BCUT2D eigenvalue weighted by Crippen LogP contribution is -2.26. The third-order valence-electron chi connectivity index (χ3n) is 3.97. The molecule has 0 bridgehead atoms. The van der Waals surface area contributed by atoms with Crippen LogP contribution >= 0.6 is 0 Å². The summed E-state index contributed by atoms with van der Waals surface area (Å²) in [6.07, 6.45) is 1.91. The molecule has 0 aliphatic carbocycles. The Morgan fingerprint density at radius 2 is 2.05 bits per heavy atom. The van der Waals surface area contributed by atoms with Gasteiger partial charge in [0.1, 0.15) is 5.75 Å². The quantitative estimate of drug-likeness (QED) is 0.921. The molecule has 3 rings (SSSR count). The maximum absolute atomic E-state index is 6.34. The van der Waals surface area contributed by atoms with Gasteiger partial charge in [0.15, 0.2) is 0 Å². The van der Waals surface area contributed by atoms with Crippen molar-refractivity contribution in [3.05, 3.63) is 65.2 Å². The number of ether oxygens (including phenoxy) is 1. The summed E-state index contributed by atoms with van der Waals surface area (Å²) >= 11 is 0. The summed E-state index contributed by atoms with van der Waals surface area (Å²) in [5.74, 6) is 1.46. The van der Waals surface area contributed by atoms with E-state index in [-0.39, 0.29) is 6.04 Å². The van der Waals surface area contributed by atoms with E-state index >= 15 is 0 Å². The lowest BCUT2D eigenvalue weighted by molar-refractivity contribution is 0.318. The maximum Gasteiger partial charge on any atom is 0.122 e. The molecule has 0 radical (unpaired) electrons. The molecule has 2 N–H and O–H groups in total. The Morgan fingerprint density at radius 3 is 2.90 bits per heavy atom. The second kappa shape index (κ2) is 5.68. The zero-order valence-corrected chi connectivity index (χ0v) is 11.9. The summed E-state index contributed by atoms with van der Waals surface area (Å²) in [5, 5.41) is 0. The molecule has 2 aromatic rings. The number of aryl methyl sites for hydroxylation is 1. The molecule has 0 fully saturated rings. The Kier molecular flexibility index (Phi) is 3.75. The fraction of sp³-hybridized carbons (Fsp3) is 0.333. The van der Waals surface area contributed by atoms with E-state index in [0.717, 1.165) is 25.2 Å². The van der Waals surface area contributed by atoms with Gasteiger partial charge in [0, 0.05) is 17.5 Å². The fourth-order valence-electron chi connectivity index (χ4n) is 3.02. The van der Waals surface area contributed by atoms with E-state index in [1.54, 1.807) is 0 Å². The van der Waals surface area contributed by atoms with Gasteiger partial charge in [-0.15, -0.1) is 0 Å². The molecule has 0 saturated carbocycles. The van der Waals surface area contributed by atoms with Gasteiger partial charge in [-0.2, -0.15) is 0 Å². The lowest BCUT2D eigenvalue weighted by Gasteiger charge is -2.16. The van der Waals surface area contributed by atoms with Crippen LogP contribution in [-0.2, 0) is 6.42 Å². The predicted octanol–water partition coefficient (Wildman–Crippen LogP) is 3.43. The van der Waals surface area contributed by atoms with Crippen molar-refractivity contribution < 1.29 is 4.74 Å². The van der Waals surface area contributed by atoms with E-state index in [4.69, 9.17) is 10.5 Å². The Morgan fingerprint density at radius 1 is 1.20 bits per heavy atom. The summed E-state index contributed by atoms with van der Waals surface area (Å²) in [7, 11) is 0. The van der Waals surface area contributed by atoms with Crippen molar-refractivity contribution >= 4 is 0 Å². The highest BCUT2D eigenvalue weighted by Crippen LogP contribution is 2.36. The summed E-state index contributed by atoms with van der Waals surface area (Å²) in [6, 6.07) is 17.1. The van der Waals surface area contributed by atoms with Gasteiger partial charge in [0.05, 0.1) is 6.61 Å². The maximum atomic E-state index is 6.34. The van der Waals surface area contributed by atoms with Gasteiger partial charge < -0.3 is 10.5 Å². The summed E-state index contributed by atoms with van der Waals surface area (Å²) in [5.41, 5.74) is 10.3. The zero-order chi connectivity index (χ0) is 13.9. The van der Waals surface area contributed by atoms with Crippen LogP contribution in [0.2, 0.25) is 0 Å². The molecule has 0 amide bonds. The number of rotatable bonds is 4. The first kappa shape index (κ1) is 13.2. The molecule has 1 heterocycles. The molecular weight excluding hydrogens is 246 g/mol. The minimum absolute atomic E-state index is 0.177. The van der Waals surface area contributed by atoms with Gasteiger partial charge in [-0.25, -0.2) is 0 Å². The molecular formula is C18H21NO. The SMILES string of the molecule is Cc1cccc(CC(N)CC2COc3ccccc32)c1. The minimum atomic E-state index is 0.177. The van der Waals surface area contributed by atoms with Crippen LogP contribution in [-0.4, -0.2) is 12.6 Å². The Labute approximate surface area is 120 Å². The second-order valence-corrected chi connectivity index (χ2v) is 5.73. The third-order valence-corrected chi connectivity index (χ3v) is 3.97. The van der Waals surface area contributed by atoms with Crippen LogP contribution in [0.4, 0.5) is 0 Å².